The smallest absolute Gasteiger partial charge is 0.0823 e. The highest BCUT2D eigenvalue weighted by Gasteiger charge is 2.23. The van der Waals surface area contributed by atoms with Crippen LogP contribution in [-0.4, -0.2) is 11.2 Å². The van der Waals surface area contributed by atoms with Crippen LogP contribution in [0.4, 0.5) is 0 Å². The highest BCUT2D eigenvalue weighted by atomic mass is 16.3. The quantitative estimate of drug-likeness (QED) is 0.364. The number of allylic oxidation sites excluding steroid dienone is 2. The van der Waals surface area contributed by atoms with Crippen LogP contribution in [0.3, 0.4) is 0 Å². The normalized spacial score (nSPS) is 22.5. The van der Waals surface area contributed by atoms with Crippen LogP contribution in [0.25, 0.3) is 0 Å². The molecule has 108 valence electrons. The summed E-state index contributed by atoms with van der Waals surface area (Å²) in [5.74, 6) is 0.632. The Bertz CT molecular complexity index is 334. The van der Waals surface area contributed by atoms with E-state index in [4.69, 9.17) is 0 Å². The SMILES string of the molecule is C=C=C(CC1CCC/C1=C\CCCC)C(O)CCC. The van der Waals surface area contributed by atoms with Crippen molar-refractivity contribution >= 4 is 0 Å². The molecule has 0 radical (unpaired) electrons. The number of hydrogen-bond donors (Lipinski definition) is 1. The van der Waals surface area contributed by atoms with E-state index in [2.05, 4.69) is 32.2 Å². The zero-order valence-corrected chi connectivity index (χ0v) is 12.8. The summed E-state index contributed by atoms with van der Waals surface area (Å²) in [6.07, 6.45) is 12.5. The Labute approximate surface area is 119 Å². The predicted molar refractivity (Wildman–Crippen MR) is 83.1 cm³/mol. The average molecular weight is 262 g/mol. The van der Waals surface area contributed by atoms with Crippen molar-refractivity contribution in [3.8, 4) is 0 Å². The van der Waals surface area contributed by atoms with Crippen LogP contribution in [0.2, 0.25) is 0 Å². The highest BCUT2D eigenvalue weighted by molar-refractivity contribution is 5.17. The zero-order chi connectivity index (χ0) is 14.1. The summed E-state index contributed by atoms with van der Waals surface area (Å²) in [6, 6.07) is 0. The van der Waals surface area contributed by atoms with Gasteiger partial charge in [-0.15, -0.1) is 5.73 Å². The maximum Gasteiger partial charge on any atom is 0.0823 e. The molecular formula is C18H30O. The van der Waals surface area contributed by atoms with Gasteiger partial charge in [0.05, 0.1) is 6.10 Å². The van der Waals surface area contributed by atoms with Crippen LogP contribution in [0.1, 0.15) is 71.6 Å². The summed E-state index contributed by atoms with van der Waals surface area (Å²) in [5.41, 5.74) is 5.63. The van der Waals surface area contributed by atoms with Crippen LogP contribution in [-0.2, 0) is 0 Å². The van der Waals surface area contributed by atoms with Crippen LogP contribution >= 0.6 is 0 Å². The topological polar surface area (TPSA) is 20.2 Å². The Morgan fingerprint density at radius 2 is 2.26 bits per heavy atom. The van der Waals surface area contributed by atoms with E-state index in [1.165, 1.54) is 38.5 Å². The third-order valence-electron chi connectivity index (χ3n) is 4.16. The summed E-state index contributed by atoms with van der Waals surface area (Å²) in [7, 11) is 0. The second-order valence-electron chi connectivity index (χ2n) is 5.72. The van der Waals surface area contributed by atoms with Gasteiger partial charge in [0.25, 0.3) is 0 Å². The summed E-state index contributed by atoms with van der Waals surface area (Å²) in [6.45, 7) is 8.11. The van der Waals surface area contributed by atoms with E-state index >= 15 is 0 Å². The van der Waals surface area contributed by atoms with E-state index in [0.29, 0.717) is 5.92 Å². The summed E-state index contributed by atoms with van der Waals surface area (Å²) < 4.78 is 0. The van der Waals surface area contributed by atoms with E-state index in [0.717, 1.165) is 24.8 Å². The number of hydrogen-bond acceptors (Lipinski definition) is 1. The van der Waals surface area contributed by atoms with E-state index in [9.17, 15) is 5.11 Å². The lowest BCUT2D eigenvalue weighted by Gasteiger charge is -2.17. The van der Waals surface area contributed by atoms with Crippen molar-refractivity contribution in [2.45, 2.75) is 77.7 Å². The molecule has 0 aromatic rings. The predicted octanol–water partition coefficient (Wildman–Crippen LogP) is 5.17. The minimum atomic E-state index is -0.333. The standard InChI is InChI=1S/C18H30O/c1-4-7-8-11-16-12-9-13-17(16)14-15(6-3)18(19)10-5-2/h11,17-19H,3-5,7-10,12-14H2,1-2H3/b16-11+. The zero-order valence-electron chi connectivity index (χ0n) is 12.8. The van der Waals surface area contributed by atoms with Crippen LogP contribution in [0, 0.1) is 5.92 Å². The van der Waals surface area contributed by atoms with E-state index in [1.807, 2.05) is 0 Å². The molecule has 1 fully saturated rings. The van der Waals surface area contributed by atoms with E-state index in [-0.39, 0.29) is 6.10 Å². The van der Waals surface area contributed by atoms with Gasteiger partial charge >= 0.3 is 0 Å². The minimum absolute atomic E-state index is 0.333. The van der Waals surface area contributed by atoms with Gasteiger partial charge in [0, 0.05) is 5.57 Å². The second kappa shape index (κ2) is 9.18. The Morgan fingerprint density at radius 1 is 1.47 bits per heavy atom. The van der Waals surface area contributed by atoms with Crippen LogP contribution in [0.5, 0.6) is 0 Å². The maximum atomic E-state index is 10.1. The molecule has 1 heteroatoms. The molecule has 0 heterocycles. The highest BCUT2D eigenvalue weighted by Crippen LogP contribution is 2.36. The molecule has 0 aromatic heterocycles. The first-order chi connectivity index (χ1) is 9.22. The van der Waals surface area contributed by atoms with Gasteiger partial charge in [0.2, 0.25) is 0 Å². The fourth-order valence-electron chi connectivity index (χ4n) is 2.97. The molecule has 1 N–H and O–H groups in total. The number of unbranched alkanes of at least 4 members (excludes halogenated alkanes) is 2. The Morgan fingerprint density at radius 3 is 2.89 bits per heavy atom. The van der Waals surface area contributed by atoms with Crippen LogP contribution in [0.15, 0.2) is 29.5 Å². The largest absolute Gasteiger partial charge is 0.388 e. The third-order valence-corrected chi connectivity index (χ3v) is 4.16. The van der Waals surface area contributed by atoms with Crippen molar-refractivity contribution < 1.29 is 5.11 Å². The van der Waals surface area contributed by atoms with Gasteiger partial charge in [-0.2, -0.15) is 0 Å². The first-order valence-corrected chi connectivity index (χ1v) is 7.98. The number of aliphatic hydroxyl groups is 1. The Kier molecular flexibility index (Phi) is 7.86. The van der Waals surface area contributed by atoms with E-state index in [1.54, 1.807) is 5.57 Å². The maximum absolute atomic E-state index is 10.1. The van der Waals surface area contributed by atoms with Crippen molar-refractivity contribution in [2.75, 3.05) is 0 Å². The number of rotatable bonds is 8. The van der Waals surface area contributed by atoms with Gasteiger partial charge in [-0.3, -0.25) is 0 Å². The minimum Gasteiger partial charge on any atom is -0.388 e. The molecule has 1 saturated carbocycles. The molecule has 0 aromatic carbocycles. The molecule has 2 unspecified atom stereocenters. The fourth-order valence-corrected chi connectivity index (χ4v) is 2.97. The number of aliphatic hydroxyl groups excluding tert-OH is 1. The summed E-state index contributed by atoms with van der Waals surface area (Å²) in [5, 5.41) is 10.1. The summed E-state index contributed by atoms with van der Waals surface area (Å²) >= 11 is 0. The molecule has 19 heavy (non-hydrogen) atoms. The molecule has 0 amide bonds. The molecule has 0 spiro atoms. The van der Waals surface area contributed by atoms with Gasteiger partial charge in [-0.05, 0) is 44.4 Å². The molecule has 2 atom stereocenters. The molecule has 0 aliphatic heterocycles. The van der Waals surface area contributed by atoms with Gasteiger partial charge in [-0.1, -0.05) is 51.3 Å². The molecular weight excluding hydrogens is 232 g/mol. The van der Waals surface area contributed by atoms with Crippen LogP contribution < -0.4 is 0 Å². The van der Waals surface area contributed by atoms with Crippen molar-refractivity contribution in [1.82, 2.24) is 0 Å². The molecule has 1 aliphatic carbocycles. The van der Waals surface area contributed by atoms with Gasteiger partial charge in [0.15, 0.2) is 0 Å². The van der Waals surface area contributed by atoms with E-state index < -0.39 is 0 Å². The summed E-state index contributed by atoms with van der Waals surface area (Å²) in [4.78, 5) is 0. The molecule has 1 rings (SSSR count). The first kappa shape index (κ1) is 16.3. The fraction of sp³-hybridized carbons (Fsp3) is 0.722. The third kappa shape index (κ3) is 5.38. The lowest BCUT2D eigenvalue weighted by Crippen LogP contribution is -2.12. The average Bonchev–Trinajstić information content (AvgIpc) is 2.84. The second-order valence-corrected chi connectivity index (χ2v) is 5.72. The molecule has 0 bridgehead atoms. The Balaban J connectivity index is 2.58. The molecule has 1 aliphatic rings. The molecule has 1 nitrogen and oxygen atoms in total. The lowest BCUT2D eigenvalue weighted by atomic mass is 9.90. The Hall–Kier alpha value is -0.780. The van der Waals surface area contributed by atoms with Gasteiger partial charge in [0.1, 0.15) is 0 Å². The lowest BCUT2D eigenvalue weighted by molar-refractivity contribution is 0.193. The van der Waals surface area contributed by atoms with Crippen molar-refractivity contribution in [1.29, 1.82) is 0 Å². The monoisotopic (exact) mass is 262 g/mol. The molecule has 0 saturated heterocycles. The first-order valence-electron chi connectivity index (χ1n) is 7.98. The van der Waals surface area contributed by atoms with Crippen molar-refractivity contribution in [3.05, 3.63) is 29.5 Å². The van der Waals surface area contributed by atoms with Gasteiger partial charge in [-0.25, -0.2) is 0 Å². The van der Waals surface area contributed by atoms with Crippen molar-refractivity contribution in [3.63, 3.8) is 0 Å². The van der Waals surface area contributed by atoms with Crippen molar-refractivity contribution in [2.24, 2.45) is 5.92 Å². The van der Waals surface area contributed by atoms with Gasteiger partial charge < -0.3 is 5.11 Å².